The molecule has 0 atom stereocenters. The minimum Gasteiger partial charge on any atom is -0.480 e. The molecule has 5 heteroatoms. The van der Waals surface area contributed by atoms with Gasteiger partial charge in [-0.25, -0.2) is 8.78 Å². The lowest BCUT2D eigenvalue weighted by atomic mass is 9.96. The van der Waals surface area contributed by atoms with E-state index >= 15 is 0 Å². The second-order valence-electron chi connectivity index (χ2n) is 5.91. The summed E-state index contributed by atoms with van der Waals surface area (Å²) in [5, 5.41) is 9.24. The Balaban J connectivity index is 1.86. The maximum Gasteiger partial charge on any atom is 0.323 e. The predicted octanol–water partition coefficient (Wildman–Crippen LogP) is 4.40. The van der Waals surface area contributed by atoms with E-state index < -0.39 is 17.6 Å². The Labute approximate surface area is 144 Å². The van der Waals surface area contributed by atoms with E-state index in [1.165, 1.54) is 12.1 Å². The molecule has 2 aromatic rings. The van der Waals surface area contributed by atoms with Gasteiger partial charge in [-0.2, -0.15) is 0 Å². The smallest absolute Gasteiger partial charge is 0.323 e. The summed E-state index contributed by atoms with van der Waals surface area (Å²) in [6.07, 6.45) is 2.81. The molecule has 0 spiro atoms. The number of carboxylic acids is 1. The molecule has 0 aromatic heterocycles. The number of rotatable bonds is 5. The molecule has 128 valence electrons. The van der Waals surface area contributed by atoms with Gasteiger partial charge < -0.3 is 10.0 Å². The quantitative estimate of drug-likeness (QED) is 0.876. The number of aryl methyl sites for hydroxylation is 1. The third kappa shape index (κ3) is 3.60. The van der Waals surface area contributed by atoms with E-state index in [0.29, 0.717) is 18.4 Å². The molecule has 1 N–H and O–H groups in total. The summed E-state index contributed by atoms with van der Waals surface area (Å²) in [4.78, 5) is 13.0. The number of hydrogen-bond donors (Lipinski definition) is 1. The summed E-state index contributed by atoms with van der Waals surface area (Å²) in [5.41, 5.74) is 3.92. The normalized spacial score (nSPS) is 13.4. The van der Waals surface area contributed by atoms with Crippen molar-refractivity contribution >= 4 is 17.2 Å². The molecular formula is C20H17F2NO2. The van der Waals surface area contributed by atoms with Crippen LogP contribution < -0.4 is 4.90 Å². The van der Waals surface area contributed by atoms with Crippen LogP contribution in [0, 0.1) is 11.6 Å². The average molecular weight is 341 g/mol. The Kier molecular flexibility index (Phi) is 4.65. The highest BCUT2D eigenvalue weighted by Gasteiger charge is 2.23. The van der Waals surface area contributed by atoms with Gasteiger partial charge in [-0.05, 0) is 48.3 Å². The number of anilines is 1. The molecule has 0 unspecified atom stereocenters. The zero-order chi connectivity index (χ0) is 18.0. The van der Waals surface area contributed by atoms with Crippen molar-refractivity contribution in [3.05, 3.63) is 83.6 Å². The van der Waals surface area contributed by atoms with E-state index in [4.69, 9.17) is 0 Å². The van der Waals surface area contributed by atoms with Crippen LogP contribution in [0.25, 0.3) is 5.57 Å². The van der Waals surface area contributed by atoms with Crippen molar-refractivity contribution in [3.8, 4) is 0 Å². The van der Waals surface area contributed by atoms with Crippen LogP contribution in [0.3, 0.4) is 0 Å². The van der Waals surface area contributed by atoms with Gasteiger partial charge in [0, 0.05) is 16.9 Å². The molecule has 3 rings (SSSR count). The van der Waals surface area contributed by atoms with Gasteiger partial charge in [-0.1, -0.05) is 30.8 Å². The lowest BCUT2D eigenvalue weighted by molar-refractivity contribution is -0.135. The highest BCUT2D eigenvalue weighted by Crippen LogP contribution is 2.36. The summed E-state index contributed by atoms with van der Waals surface area (Å²) in [7, 11) is 0. The maximum absolute atomic E-state index is 13.4. The van der Waals surface area contributed by atoms with E-state index in [1.807, 2.05) is 30.3 Å². The highest BCUT2D eigenvalue weighted by atomic mass is 19.2. The summed E-state index contributed by atoms with van der Waals surface area (Å²) in [6.45, 7) is 3.87. The molecule has 1 heterocycles. The van der Waals surface area contributed by atoms with Gasteiger partial charge in [-0.3, -0.25) is 4.79 Å². The lowest BCUT2D eigenvalue weighted by Gasteiger charge is -2.32. The molecule has 0 saturated heterocycles. The van der Waals surface area contributed by atoms with Crippen molar-refractivity contribution in [1.82, 2.24) is 0 Å². The van der Waals surface area contributed by atoms with E-state index in [0.717, 1.165) is 28.6 Å². The van der Waals surface area contributed by atoms with Crippen molar-refractivity contribution in [2.75, 3.05) is 11.4 Å². The monoisotopic (exact) mass is 341 g/mol. The largest absolute Gasteiger partial charge is 0.480 e. The Morgan fingerprint density at radius 3 is 2.56 bits per heavy atom. The molecule has 3 nitrogen and oxygen atoms in total. The number of aliphatic carboxylic acids is 1. The van der Waals surface area contributed by atoms with Gasteiger partial charge in [0.2, 0.25) is 0 Å². The first-order valence-electron chi connectivity index (χ1n) is 7.88. The number of benzene rings is 2. The summed E-state index contributed by atoms with van der Waals surface area (Å²) < 4.78 is 26.4. The number of hydrogen-bond acceptors (Lipinski definition) is 2. The molecule has 0 bridgehead atoms. The van der Waals surface area contributed by atoms with Gasteiger partial charge >= 0.3 is 5.97 Å². The molecule has 0 radical (unpaired) electrons. The number of carboxylic acid groups (broad SMARTS) is 1. The third-order valence-electron chi connectivity index (χ3n) is 4.18. The van der Waals surface area contributed by atoms with E-state index in [2.05, 4.69) is 6.58 Å². The zero-order valence-electron chi connectivity index (χ0n) is 13.5. The minimum absolute atomic E-state index is 0.173. The van der Waals surface area contributed by atoms with E-state index in [9.17, 15) is 18.7 Å². The van der Waals surface area contributed by atoms with E-state index in [-0.39, 0.29) is 6.54 Å². The third-order valence-corrected chi connectivity index (χ3v) is 4.18. The van der Waals surface area contributed by atoms with Gasteiger partial charge in [-0.15, -0.1) is 0 Å². The summed E-state index contributed by atoms with van der Waals surface area (Å²) in [6, 6.07) is 11.3. The van der Waals surface area contributed by atoms with Crippen LogP contribution in [0.2, 0.25) is 0 Å². The standard InChI is InChI=1S/C20H17F2NO2/c1-13-10-15(8-6-14-7-9-17(21)18(22)11-14)23(12-20(24)25)19-5-3-2-4-16(13)19/h2-5,7,9-11H,1,6,8,12H2,(H,24,25). The number of halogens is 2. The van der Waals surface area contributed by atoms with Crippen LogP contribution in [0.15, 0.2) is 60.8 Å². The summed E-state index contributed by atoms with van der Waals surface area (Å²) >= 11 is 0. The van der Waals surface area contributed by atoms with Crippen LogP contribution in [0.1, 0.15) is 17.5 Å². The molecule has 0 saturated carbocycles. The predicted molar refractivity (Wildman–Crippen MR) is 93.2 cm³/mol. The molecule has 1 aliphatic rings. The second-order valence-corrected chi connectivity index (χ2v) is 5.91. The Morgan fingerprint density at radius 1 is 1.08 bits per heavy atom. The first-order chi connectivity index (χ1) is 12.0. The first-order valence-corrected chi connectivity index (χ1v) is 7.88. The molecule has 0 amide bonds. The molecule has 0 fully saturated rings. The van der Waals surface area contributed by atoms with Gasteiger partial charge in [0.15, 0.2) is 11.6 Å². The van der Waals surface area contributed by atoms with Crippen LogP contribution in [0.5, 0.6) is 0 Å². The first kappa shape index (κ1) is 16.9. The van der Waals surface area contributed by atoms with Crippen LogP contribution in [-0.2, 0) is 11.2 Å². The van der Waals surface area contributed by atoms with Crippen molar-refractivity contribution in [3.63, 3.8) is 0 Å². The molecule has 2 aromatic carbocycles. The molecule has 1 aliphatic heterocycles. The van der Waals surface area contributed by atoms with Crippen LogP contribution in [0.4, 0.5) is 14.5 Å². The SMILES string of the molecule is C=C1C=C(CCc2ccc(F)c(F)c2)N(CC(=O)O)c2ccccc21. The van der Waals surface area contributed by atoms with Crippen molar-refractivity contribution in [2.24, 2.45) is 0 Å². The highest BCUT2D eigenvalue weighted by molar-refractivity contribution is 5.88. The Bertz CT molecular complexity index is 874. The average Bonchev–Trinajstić information content (AvgIpc) is 2.58. The second kappa shape index (κ2) is 6.89. The fourth-order valence-corrected chi connectivity index (χ4v) is 2.99. The summed E-state index contributed by atoms with van der Waals surface area (Å²) in [5.74, 6) is -2.70. The van der Waals surface area contributed by atoms with Gasteiger partial charge in [0.1, 0.15) is 6.54 Å². The number of nitrogens with zero attached hydrogens (tertiary/aromatic N) is 1. The Hall–Kier alpha value is -2.95. The van der Waals surface area contributed by atoms with Crippen LogP contribution in [-0.4, -0.2) is 17.6 Å². The molecule has 25 heavy (non-hydrogen) atoms. The van der Waals surface area contributed by atoms with Crippen molar-refractivity contribution in [1.29, 1.82) is 0 Å². The number of carbonyl (C=O) groups is 1. The Morgan fingerprint density at radius 2 is 1.84 bits per heavy atom. The lowest BCUT2D eigenvalue weighted by Crippen LogP contribution is -2.31. The molecule has 0 aliphatic carbocycles. The molecular weight excluding hydrogens is 324 g/mol. The number of allylic oxidation sites excluding steroid dienone is 3. The van der Waals surface area contributed by atoms with Gasteiger partial charge in [0.05, 0.1) is 0 Å². The fourth-order valence-electron chi connectivity index (χ4n) is 2.99. The topological polar surface area (TPSA) is 40.5 Å². The zero-order valence-corrected chi connectivity index (χ0v) is 13.5. The fraction of sp³-hybridized carbons (Fsp3) is 0.150. The minimum atomic E-state index is -0.943. The van der Waals surface area contributed by atoms with Crippen molar-refractivity contribution in [2.45, 2.75) is 12.8 Å². The number of fused-ring (bicyclic) bond motifs is 1. The van der Waals surface area contributed by atoms with Gasteiger partial charge in [0.25, 0.3) is 0 Å². The van der Waals surface area contributed by atoms with E-state index in [1.54, 1.807) is 4.90 Å². The number of para-hydroxylation sites is 1. The maximum atomic E-state index is 13.4. The van der Waals surface area contributed by atoms with Crippen LogP contribution >= 0.6 is 0 Å². The van der Waals surface area contributed by atoms with Crippen molar-refractivity contribution < 1.29 is 18.7 Å².